The maximum atomic E-state index is 8.88. The second kappa shape index (κ2) is 6.18. The smallest absolute Gasteiger partial charge is 1.00 e. The van der Waals surface area contributed by atoms with E-state index in [1.54, 1.807) is 0 Å². The molecule has 3 N–H and O–H groups in total. The van der Waals surface area contributed by atoms with E-state index in [4.69, 9.17) is 19.2 Å². The summed E-state index contributed by atoms with van der Waals surface area (Å²) in [5, 5.41) is 0. The molecule has 4 nitrogen and oxygen atoms in total. The second-order valence-corrected chi connectivity index (χ2v) is 1.54. The van der Waals surface area contributed by atoms with Crippen LogP contribution in [-0.4, -0.2) is 14.7 Å². The zero-order chi connectivity index (χ0) is 4.50. The Morgan fingerprint density at radius 1 is 1.29 bits per heavy atom. The van der Waals surface area contributed by atoms with Crippen LogP contribution in [-0.2, 0) is 4.57 Å². The minimum Gasteiger partial charge on any atom is -1.00 e. The third-order valence-corrected chi connectivity index (χ3v) is 0. The molecule has 7 heteroatoms. The van der Waals surface area contributed by atoms with Gasteiger partial charge in [-0.15, -0.1) is 0 Å². The monoisotopic (exact) mass is 248 g/mol. The van der Waals surface area contributed by atoms with Gasteiger partial charge in [-0.25, -0.2) is 4.57 Å². The van der Waals surface area contributed by atoms with Crippen LogP contribution < -0.4 is 18.9 Å². The molecule has 0 aliphatic rings. The Kier molecular flexibility index (Phi) is 14.2. The molecule has 0 saturated heterocycles. The number of hydrogen-bond acceptors (Lipinski definition) is 1. The molecule has 0 unspecified atom stereocenters. The SMILES string of the molecule is O=P(O)(O)O.[H-].[Li+].[Nd]. The van der Waals surface area contributed by atoms with Crippen molar-refractivity contribution in [1.82, 2.24) is 0 Å². The molecule has 0 aromatic heterocycles. The van der Waals surface area contributed by atoms with Crippen LogP contribution in [0.2, 0.25) is 0 Å². The van der Waals surface area contributed by atoms with Gasteiger partial charge in [0.05, 0.1) is 0 Å². The van der Waals surface area contributed by atoms with Crippen LogP contribution in [0.1, 0.15) is 1.43 Å². The van der Waals surface area contributed by atoms with Crippen molar-refractivity contribution >= 4 is 7.82 Å². The van der Waals surface area contributed by atoms with E-state index in [2.05, 4.69) is 0 Å². The molecule has 7 heavy (non-hydrogen) atoms. The van der Waals surface area contributed by atoms with Gasteiger partial charge in [0.15, 0.2) is 0 Å². The van der Waals surface area contributed by atoms with Gasteiger partial charge in [0.1, 0.15) is 0 Å². The molecular weight excluding hydrogens is 246 g/mol. The Balaban J connectivity index is -0.0000000267. The van der Waals surface area contributed by atoms with Crippen LogP contribution in [0.5, 0.6) is 0 Å². The summed E-state index contributed by atoms with van der Waals surface area (Å²) >= 11 is 0. The number of rotatable bonds is 0. The fourth-order valence-corrected chi connectivity index (χ4v) is 0. The Morgan fingerprint density at radius 3 is 1.29 bits per heavy atom. The average Bonchev–Trinajstić information content (AvgIpc) is 0.722. The van der Waals surface area contributed by atoms with Gasteiger partial charge in [-0.05, 0) is 0 Å². The van der Waals surface area contributed by atoms with Crippen LogP contribution in [0, 0.1) is 40.8 Å². The van der Waals surface area contributed by atoms with Crippen molar-refractivity contribution in [2.24, 2.45) is 0 Å². The third kappa shape index (κ3) is 69.8. The first kappa shape index (κ1) is 16.0. The van der Waals surface area contributed by atoms with Gasteiger partial charge in [0, 0.05) is 40.8 Å². The number of phosphoric acid groups is 1. The van der Waals surface area contributed by atoms with Gasteiger partial charge in [-0.1, -0.05) is 0 Å². The summed E-state index contributed by atoms with van der Waals surface area (Å²) in [7, 11) is -4.64. The molecule has 0 spiro atoms. The fourth-order valence-electron chi connectivity index (χ4n) is 0. The van der Waals surface area contributed by atoms with Crippen LogP contribution in [0.3, 0.4) is 0 Å². The van der Waals surface area contributed by atoms with Gasteiger partial charge in [-0.2, -0.15) is 0 Å². The van der Waals surface area contributed by atoms with Crippen molar-refractivity contribution in [1.29, 1.82) is 0 Å². The van der Waals surface area contributed by atoms with E-state index in [1.807, 2.05) is 0 Å². The van der Waals surface area contributed by atoms with Crippen molar-refractivity contribution in [3.8, 4) is 0 Å². The fraction of sp³-hybridized carbons (Fsp3) is 0. The van der Waals surface area contributed by atoms with Crippen molar-refractivity contribution < 1.29 is 80.4 Å². The molecule has 38 valence electrons. The van der Waals surface area contributed by atoms with Gasteiger partial charge >= 0.3 is 26.7 Å². The van der Waals surface area contributed by atoms with Crippen LogP contribution in [0.15, 0.2) is 0 Å². The molecule has 0 bridgehead atoms. The van der Waals surface area contributed by atoms with Crippen LogP contribution in [0.25, 0.3) is 0 Å². The van der Waals surface area contributed by atoms with Gasteiger partial charge < -0.3 is 16.1 Å². The molecule has 0 aliphatic heterocycles. The van der Waals surface area contributed by atoms with Gasteiger partial charge in [0.2, 0.25) is 0 Å². The third-order valence-electron chi connectivity index (χ3n) is 0. The summed E-state index contributed by atoms with van der Waals surface area (Å²) in [6, 6.07) is 0. The maximum absolute atomic E-state index is 8.88. The molecule has 0 fully saturated rings. The quantitative estimate of drug-likeness (QED) is 0.304. The minimum absolute atomic E-state index is 0. The van der Waals surface area contributed by atoms with Crippen molar-refractivity contribution in [3.05, 3.63) is 0 Å². The summed E-state index contributed by atoms with van der Waals surface area (Å²) < 4.78 is 8.88. The molecule has 0 rings (SSSR count). The Labute approximate surface area is 87.1 Å². The first-order chi connectivity index (χ1) is 2.00. The Bertz CT molecular complexity index is 62.2. The standard InChI is InChI=1S/Li.Nd.H3O4P.H/c;;1-5(2,3)4;/h;;(H3,1,2,3,4);/q+1;;;-1. The first-order valence-electron chi connectivity index (χ1n) is 0.783. The zero-order valence-electron chi connectivity index (χ0n) is 4.70. The van der Waals surface area contributed by atoms with E-state index in [9.17, 15) is 0 Å². The number of hydrogen-bond donors (Lipinski definition) is 3. The van der Waals surface area contributed by atoms with E-state index in [1.165, 1.54) is 0 Å². The predicted molar refractivity (Wildman–Crippen MR) is 15.4 cm³/mol. The zero-order valence-corrected chi connectivity index (χ0v) is 7.80. The molecular formula is H4LiNdO4P. The second-order valence-electron chi connectivity index (χ2n) is 0.513. The summed E-state index contributed by atoms with van der Waals surface area (Å²) in [6.45, 7) is 0. The molecule has 0 aromatic rings. The van der Waals surface area contributed by atoms with E-state index in [-0.39, 0.29) is 61.1 Å². The van der Waals surface area contributed by atoms with Crippen molar-refractivity contribution in [3.63, 3.8) is 0 Å². The molecule has 0 amide bonds. The summed E-state index contributed by atoms with van der Waals surface area (Å²) in [5.41, 5.74) is 0. The molecule has 0 heterocycles. The van der Waals surface area contributed by atoms with Gasteiger partial charge in [-0.3, -0.25) is 0 Å². The Hall–Kier alpha value is 2.06. The molecule has 0 aliphatic carbocycles. The summed E-state index contributed by atoms with van der Waals surface area (Å²) in [6.07, 6.45) is 0. The maximum Gasteiger partial charge on any atom is 1.00 e. The average molecular weight is 250 g/mol. The van der Waals surface area contributed by atoms with E-state index in [0.717, 1.165) is 0 Å². The van der Waals surface area contributed by atoms with Crippen LogP contribution in [0.4, 0.5) is 0 Å². The first-order valence-corrected chi connectivity index (χ1v) is 2.35. The van der Waals surface area contributed by atoms with Crippen molar-refractivity contribution in [2.75, 3.05) is 0 Å². The molecule has 0 radical (unpaired) electrons. The molecule has 0 atom stereocenters. The normalized spacial score (nSPS) is 8.43. The summed E-state index contributed by atoms with van der Waals surface area (Å²) in [5.74, 6) is 0. The minimum atomic E-state index is -4.64. The van der Waals surface area contributed by atoms with Gasteiger partial charge in [0.25, 0.3) is 0 Å². The van der Waals surface area contributed by atoms with E-state index < -0.39 is 7.82 Å². The van der Waals surface area contributed by atoms with E-state index in [0.29, 0.717) is 0 Å². The summed E-state index contributed by atoms with van der Waals surface area (Å²) in [4.78, 5) is 21.6. The van der Waals surface area contributed by atoms with Crippen LogP contribution >= 0.6 is 7.82 Å². The van der Waals surface area contributed by atoms with Crippen molar-refractivity contribution in [2.45, 2.75) is 0 Å². The molecule has 0 saturated carbocycles. The van der Waals surface area contributed by atoms with E-state index >= 15 is 0 Å². The topological polar surface area (TPSA) is 77.8 Å². The largest absolute Gasteiger partial charge is 1.00 e. The molecule has 0 aromatic carbocycles. The predicted octanol–water partition coefficient (Wildman–Crippen LogP) is -3.81. The Morgan fingerprint density at radius 2 is 1.29 bits per heavy atom.